The third kappa shape index (κ3) is 1.31. The molecule has 0 saturated carbocycles. The lowest BCUT2D eigenvalue weighted by molar-refractivity contribution is 0.482. The molecule has 1 heterocycles. The summed E-state index contributed by atoms with van der Waals surface area (Å²) in [7, 11) is 0. The minimum atomic E-state index is -0.576. The molecule has 10 heavy (non-hydrogen) atoms. The molecule has 0 saturated heterocycles. The van der Waals surface area contributed by atoms with Crippen LogP contribution >= 0.6 is 0 Å². The zero-order chi connectivity index (χ0) is 7.56. The van der Waals surface area contributed by atoms with Crippen molar-refractivity contribution in [1.29, 1.82) is 0 Å². The Labute approximate surface area is 59.0 Å². The molecule has 0 aliphatic carbocycles. The molecule has 0 amide bonds. The Hall–Kier alpha value is -0.940. The van der Waals surface area contributed by atoms with Crippen LogP contribution in [0.3, 0.4) is 0 Å². The second-order valence-electron chi connectivity index (χ2n) is 1.98. The van der Waals surface area contributed by atoms with E-state index >= 15 is 0 Å². The van der Waals surface area contributed by atoms with E-state index in [2.05, 4.69) is 10.1 Å². The van der Waals surface area contributed by atoms with E-state index in [9.17, 15) is 0 Å². The van der Waals surface area contributed by atoms with Gasteiger partial charge in [0.15, 0.2) is 6.29 Å². The number of aryl methyl sites for hydroxylation is 1. The van der Waals surface area contributed by atoms with Gasteiger partial charge in [0, 0.05) is 6.42 Å². The van der Waals surface area contributed by atoms with Gasteiger partial charge in [-0.2, -0.15) is 5.10 Å². The highest BCUT2D eigenvalue weighted by Gasteiger charge is 2.00. The van der Waals surface area contributed by atoms with E-state index in [0.29, 0.717) is 0 Å². The first kappa shape index (κ1) is 7.17. The third-order valence-electron chi connectivity index (χ3n) is 1.18. The van der Waals surface area contributed by atoms with E-state index in [1.165, 1.54) is 11.0 Å². The lowest BCUT2D eigenvalue weighted by Crippen LogP contribution is -2.27. The summed E-state index contributed by atoms with van der Waals surface area (Å²) in [5.41, 5.74) is 10.6. The Morgan fingerprint density at radius 1 is 1.70 bits per heavy atom. The minimum Gasteiger partial charge on any atom is -0.297 e. The molecule has 4 N–H and O–H groups in total. The summed E-state index contributed by atoms with van der Waals surface area (Å²) in [4.78, 5) is 3.95. The summed E-state index contributed by atoms with van der Waals surface area (Å²) >= 11 is 0. The number of nitrogens with zero attached hydrogens (tertiary/aromatic N) is 3. The molecule has 0 aromatic carbocycles. The van der Waals surface area contributed by atoms with Gasteiger partial charge in [-0.15, -0.1) is 0 Å². The van der Waals surface area contributed by atoms with Crippen molar-refractivity contribution in [3.63, 3.8) is 0 Å². The predicted octanol–water partition coefficient (Wildman–Crippen LogP) is -0.786. The van der Waals surface area contributed by atoms with Crippen LogP contribution in [0.1, 0.15) is 19.0 Å². The standard InChI is InChI=1S/C5H11N5/c1-2-4-8-3-10(9-4)5(6)7/h3,5H,2,6-7H2,1H3. The molecule has 1 aromatic rings. The number of hydrogen-bond donors (Lipinski definition) is 2. The Morgan fingerprint density at radius 3 is 2.70 bits per heavy atom. The van der Waals surface area contributed by atoms with Gasteiger partial charge in [-0.25, -0.2) is 9.67 Å². The molecule has 5 heteroatoms. The molecule has 0 aliphatic rings. The van der Waals surface area contributed by atoms with Crippen LogP contribution in [0.5, 0.6) is 0 Å². The van der Waals surface area contributed by atoms with Gasteiger partial charge in [-0.05, 0) is 0 Å². The summed E-state index contributed by atoms with van der Waals surface area (Å²) < 4.78 is 1.43. The van der Waals surface area contributed by atoms with Gasteiger partial charge in [0.1, 0.15) is 12.2 Å². The van der Waals surface area contributed by atoms with E-state index in [4.69, 9.17) is 11.5 Å². The molecule has 1 rings (SSSR count). The first-order chi connectivity index (χ1) is 4.74. The topological polar surface area (TPSA) is 82.8 Å². The average molecular weight is 141 g/mol. The maximum Gasteiger partial charge on any atom is 0.152 e. The Kier molecular flexibility index (Phi) is 1.98. The van der Waals surface area contributed by atoms with Crippen molar-refractivity contribution in [3.05, 3.63) is 12.2 Å². The number of nitrogens with two attached hydrogens (primary N) is 2. The smallest absolute Gasteiger partial charge is 0.152 e. The Balaban J connectivity index is 2.78. The number of rotatable bonds is 2. The van der Waals surface area contributed by atoms with E-state index in [1.54, 1.807) is 0 Å². The van der Waals surface area contributed by atoms with Crippen molar-refractivity contribution in [2.45, 2.75) is 19.6 Å². The first-order valence-corrected chi connectivity index (χ1v) is 3.15. The molecular weight excluding hydrogens is 130 g/mol. The van der Waals surface area contributed by atoms with Crippen molar-refractivity contribution >= 4 is 0 Å². The van der Waals surface area contributed by atoms with Gasteiger partial charge in [0.2, 0.25) is 0 Å². The second-order valence-corrected chi connectivity index (χ2v) is 1.98. The quantitative estimate of drug-likeness (QED) is 0.529. The summed E-state index contributed by atoms with van der Waals surface area (Å²) in [5, 5.41) is 3.98. The van der Waals surface area contributed by atoms with Crippen molar-refractivity contribution in [2.75, 3.05) is 0 Å². The normalized spacial score (nSPS) is 10.8. The zero-order valence-corrected chi connectivity index (χ0v) is 5.86. The average Bonchev–Trinajstić information content (AvgIpc) is 2.34. The molecule has 0 bridgehead atoms. The maximum atomic E-state index is 5.32. The lowest BCUT2D eigenvalue weighted by Gasteiger charge is -2.01. The SMILES string of the molecule is CCc1ncn(C(N)N)n1. The van der Waals surface area contributed by atoms with E-state index in [0.717, 1.165) is 12.2 Å². The fourth-order valence-corrected chi connectivity index (χ4v) is 0.616. The van der Waals surface area contributed by atoms with Crippen molar-refractivity contribution in [3.8, 4) is 0 Å². The minimum absolute atomic E-state index is 0.576. The predicted molar refractivity (Wildman–Crippen MR) is 36.8 cm³/mol. The van der Waals surface area contributed by atoms with Gasteiger partial charge < -0.3 is 0 Å². The molecule has 0 fully saturated rings. The molecular formula is C5H11N5. The van der Waals surface area contributed by atoms with Gasteiger partial charge in [-0.1, -0.05) is 6.92 Å². The number of aromatic nitrogens is 3. The Morgan fingerprint density at radius 2 is 2.40 bits per heavy atom. The summed E-state index contributed by atoms with van der Waals surface area (Å²) in [6.45, 7) is 1.97. The van der Waals surface area contributed by atoms with Crippen molar-refractivity contribution in [1.82, 2.24) is 14.8 Å². The number of hydrogen-bond acceptors (Lipinski definition) is 4. The molecule has 5 nitrogen and oxygen atoms in total. The molecule has 0 spiro atoms. The lowest BCUT2D eigenvalue weighted by atomic mass is 10.5. The van der Waals surface area contributed by atoms with Crippen LogP contribution in [0.2, 0.25) is 0 Å². The van der Waals surface area contributed by atoms with Crippen molar-refractivity contribution in [2.24, 2.45) is 11.5 Å². The highest BCUT2D eigenvalue weighted by atomic mass is 15.4. The van der Waals surface area contributed by atoms with Crippen LogP contribution in [0.4, 0.5) is 0 Å². The van der Waals surface area contributed by atoms with Gasteiger partial charge >= 0.3 is 0 Å². The maximum absolute atomic E-state index is 5.32. The molecule has 0 unspecified atom stereocenters. The van der Waals surface area contributed by atoms with E-state index in [1.807, 2.05) is 6.92 Å². The Bertz CT molecular complexity index is 204. The molecule has 0 atom stereocenters. The van der Waals surface area contributed by atoms with Gasteiger partial charge in [0.05, 0.1) is 0 Å². The highest BCUT2D eigenvalue weighted by Crippen LogP contribution is 1.91. The summed E-state index contributed by atoms with van der Waals surface area (Å²) in [6.07, 6.45) is 1.76. The van der Waals surface area contributed by atoms with Crippen LogP contribution in [0.25, 0.3) is 0 Å². The summed E-state index contributed by atoms with van der Waals surface area (Å²) in [5.74, 6) is 0.765. The fourth-order valence-electron chi connectivity index (χ4n) is 0.616. The van der Waals surface area contributed by atoms with Crippen LogP contribution in [-0.4, -0.2) is 14.8 Å². The monoisotopic (exact) mass is 141 g/mol. The third-order valence-corrected chi connectivity index (χ3v) is 1.18. The zero-order valence-electron chi connectivity index (χ0n) is 5.86. The van der Waals surface area contributed by atoms with E-state index < -0.39 is 6.29 Å². The van der Waals surface area contributed by atoms with E-state index in [-0.39, 0.29) is 0 Å². The molecule has 1 aromatic heterocycles. The summed E-state index contributed by atoms with van der Waals surface area (Å²) in [6, 6.07) is 0. The molecule has 56 valence electrons. The van der Waals surface area contributed by atoms with Crippen molar-refractivity contribution < 1.29 is 0 Å². The van der Waals surface area contributed by atoms with Crippen LogP contribution in [0.15, 0.2) is 6.33 Å². The largest absolute Gasteiger partial charge is 0.297 e. The van der Waals surface area contributed by atoms with Crippen LogP contribution in [0, 0.1) is 0 Å². The molecule has 0 aliphatic heterocycles. The van der Waals surface area contributed by atoms with Crippen LogP contribution < -0.4 is 11.5 Å². The fraction of sp³-hybridized carbons (Fsp3) is 0.600. The highest BCUT2D eigenvalue weighted by molar-refractivity contribution is 4.80. The first-order valence-electron chi connectivity index (χ1n) is 3.15. The van der Waals surface area contributed by atoms with Gasteiger partial charge in [-0.3, -0.25) is 11.5 Å². The van der Waals surface area contributed by atoms with Gasteiger partial charge in [0.25, 0.3) is 0 Å². The second kappa shape index (κ2) is 2.76. The van der Waals surface area contributed by atoms with Crippen LogP contribution in [-0.2, 0) is 6.42 Å². The molecule has 0 radical (unpaired) electrons.